The van der Waals surface area contributed by atoms with Gasteiger partial charge in [0, 0.05) is 36.5 Å². The third-order valence-corrected chi connectivity index (χ3v) is 4.76. The van der Waals surface area contributed by atoms with Gasteiger partial charge in [0.25, 0.3) is 0 Å². The quantitative estimate of drug-likeness (QED) is 0.743. The van der Waals surface area contributed by atoms with Crippen molar-refractivity contribution in [3.8, 4) is 0 Å². The third kappa shape index (κ3) is 3.21. The topological polar surface area (TPSA) is 58.4 Å². The monoisotopic (exact) mass is 386 g/mol. The number of nitrogens with zero attached hydrogens (tertiary/aromatic N) is 5. The molecule has 0 bridgehead atoms. The number of piperidine rings is 1. The molecule has 7 heteroatoms. The van der Waals surface area contributed by atoms with Crippen LogP contribution >= 0.6 is 15.9 Å². The second-order valence-electron chi connectivity index (χ2n) is 6.02. The molecule has 0 saturated carbocycles. The number of fused-ring (bicyclic) bond motifs is 1. The molecule has 1 N–H and O–H groups in total. The van der Waals surface area contributed by atoms with Crippen molar-refractivity contribution < 1.29 is 0 Å². The molecule has 0 radical (unpaired) electrons. The summed E-state index contributed by atoms with van der Waals surface area (Å²) in [6, 6.07) is 6.23. The summed E-state index contributed by atoms with van der Waals surface area (Å²) in [5, 5.41) is 7.62. The van der Waals surface area contributed by atoms with Crippen LogP contribution in [-0.2, 0) is 6.54 Å². The van der Waals surface area contributed by atoms with Gasteiger partial charge in [-0.15, -0.1) is 0 Å². The first kappa shape index (κ1) is 15.4. The van der Waals surface area contributed by atoms with E-state index < -0.39 is 0 Å². The molecule has 0 aliphatic carbocycles. The Balaban J connectivity index is 1.51. The van der Waals surface area contributed by atoms with Crippen LogP contribution < -0.4 is 10.2 Å². The van der Waals surface area contributed by atoms with Crippen LogP contribution in [0.25, 0.3) is 5.52 Å². The fraction of sp³-hybridized carbons (Fsp3) is 0.353. The summed E-state index contributed by atoms with van der Waals surface area (Å²) in [6.07, 6.45) is 9.22. The first-order valence-electron chi connectivity index (χ1n) is 8.22. The number of hydrogen-bond acceptors (Lipinski definition) is 5. The Morgan fingerprint density at radius 3 is 2.88 bits per heavy atom. The van der Waals surface area contributed by atoms with Crippen LogP contribution in [0.2, 0.25) is 0 Å². The highest BCUT2D eigenvalue weighted by molar-refractivity contribution is 9.10. The summed E-state index contributed by atoms with van der Waals surface area (Å²) in [4.78, 5) is 11.3. The summed E-state index contributed by atoms with van der Waals surface area (Å²) in [6.45, 7) is 2.92. The van der Waals surface area contributed by atoms with Gasteiger partial charge in [-0.1, -0.05) is 0 Å². The van der Waals surface area contributed by atoms with Crippen molar-refractivity contribution in [2.75, 3.05) is 23.3 Å². The standard InChI is InChI=1S/C17H19BrN6/c18-14-9-15-17(21-12-22-24(15)11-14)20-10-13-4-5-19-16(8-13)23-6-2-1-3-7-23/h4-5,8-9,11-12H,1-3,6-7,10H2,(H,20,21,22). The summed E-state index contributed by atoms with van der Waals surface area (Å²) in [5.41, 5.74) is 2.16. The van der Waals surface area contributed by atoms with Crippen LogP contribution in [0.5, 0.6) is 0 Å². The molecule has 0 amide bonds. The highest BCUT2D eigenvalue weighted by Gasteiger charge is 2.12. The van der Waals surface area contributed by atoms with Crippen molar-refractivity contribution in [3.05, 3.63) is 47.0 Å². The average Bonchev–Trinajstić information content (AvgIpc) is 3.02. The van der Waals surface area contributed by atoms with E-state index in [0.29, 0.717) is 6.54 Å². The maximum absolute atomic E-state index is 4.53. The van der Waals surface area contributed by atoms with E-state index in [1.54, 1.807) is 6.33 Å². The van der Waals surface area contributed by atoms with E-state index in [4.69, 9.17) is 0 Å². The minimum Gasteiger partial charge on any atom is -0.364 e. The largest absolute Gasteiger partial charge is 0.364 e. The van der Waals surface area contributed by atoms with Crippen molar-refractivity contribution in [2.45, 2.75) is 25.8 Å². The van der Waals surface area contributed by atoms with Crippen LogP contribution in [0.15, 0.2) is 41.4 Å². The molecule has 3 aromatic rings. The van der Waals surface area contributed by atoms with Crippen molar-refractivity contribution in [2.24, 2.45) is 0 Å². The fourth-order valence-corrected chi connectivity index (χ4v) is 3.50. The van der Waals surface area contributed by atoms with Crippen molar-refractivity contribution in [1.82, 2.24) is 19.6 Å². The Morgan fingerprint density at radius 1 is 1.12 bits per heavy atom. The minimum atomic E-state index is 0.707. The van der Waals surface area contributed by atoms with Crippen LogP contribution in [0, 0.1) is 0 Å². The molecule has 0 aromatic carbocycles. The summed E-state index contributed by atoms with van der Waals surface area (Å²) in [5.74, 6) is 1.90. The van der Waals surface area contributed by atoms with Gasteiger partial charge in [0.15, 0.2) is 5.82 Å². The molecule has 3 aromatic heterocycles. The lowest BCUT2D eigenvalue weighted by atomic mass is 10.1. The SMILES string of the molecule is Brc1cc2c(NCc3ccnc(N4CCCCC4)c3)ncnn2c1. The first-order valence-corrected chi connectivity index (χ1v) is 9.01. The normalized spacial score (nSPS) is 15.0. The van der Waals surface area contributed by atoms with Crippen molar-refractivity contribution in [3.63, 3.8) is 0 Å². The van der Waals surface area contributed by atoms with Crippen molar-refractivity contribution in [1.29, 1.82) is 0 Å². The molecule has 24 heavy (non-hydrogen) atoms. The fourth-order valence-electron chi connectivity index (χ4n) is 3.09. The average molecular weight is 387 g/mol. The van der Waals surface area contributed by atoms with E-state index in [2.05, 4.69) is 47.3 Å². The maximum Gasteiger partial charge on any atom is 0.154 e. The maximum atomic E-state index is 4.53. The molecule has 6 nitrogen and oxygen atoms in total. The Hall–Kier alpha value is -2.15. The Bertz CT molecular complexity index is 840. The predicted molar refractivity (Wildman–Crippen MR) is 98.3 cm³/mol. The first-order chi connectivity index (χ1) is 11.8. The molecule has 1 fully saturated rings. The molecule has 124 valence electrons. The van der Waals surface area contributed by atoms with E-state index in [9.17, 15) is 0 Å². The number of rotatable bonds is 4. The molecule has 0 unspecified atom stereocenters. The Morgan fingerprint density at radius 2 is 2.00 bits per heavy atom. The zero-order valence-corrected chi connectivity index (χ0v) is 14.9. The molecular weight excluding hydrogens is 368 g/mol. The van der Waals surface area contributed by atoms with E-state index in [0.717, 1.165) is 34.7 Å². The zero-order chi connectivity index (χ0) is 16.4. The lowest BCUT2D eigenvalue weighted by molar-refractivity contribution is 0.573. The number of pyridine rings is 1. The smallest absolute Gasteiger partial charge is 0.154 e. The van der Waals surface area contributed by atoms with Crippen molar-refractivity contribution >= 4 is 33.1 Å². The minimum absolute atomic E-state index is 0.707. The van der Waals surface area contributed by atoms with Gasteiger partial charge in [-0.3, -0.25) is 0 Å². The highest BCUT2D eigenvalue weighted by atomic mass is 79.9. The van der Waals surface area contributed by atoms with Crippen LogP contribution in [-0.4, -0.2) is 32.7 Å². The van der Waals surface area contributed by atoms with Gasteiger partial charge in [-0.05, 0) is 59.0 Å². The molecule has 4 heterocycles. The number of nitrogens with one attached hydrogen (secondary N) is 1. The summed E-state index contributed by atoms with van der Waals surface area (Å²) < 4.78 is 2.80. The number of anilines is 2. The second kappa shape index (κ2) is 6.76. The van der Waals surface area contributed by atoms with Crippen LogP contribution in [0.4, 0.5) is 11.6 Å². The van der Waals surface area contributed by atoms with Crippen LogP contribution in [0.3, 0.4) is 0 Å². The Labute approximate surface area is 149 Å². The molecule has 4 rings (SSSR count). The lowest BCUT2D eigenvalue weighted by Gasteiger charge is -2.27. The van der Waals surface area contributed by atoms with Gasteiger partial charge in [0.05, 0.1) is 0 Å². The van der Waals surface area contributed by atoms with E-state index in [1.807, 2.05) is 29.0 Å². The Kier molecular flexibility index (Phi) is 4.34. The predicted octanol–water partition coefficient (Wildman–Crippen LogP) is 3.49. The highest BCUT2D eigenvalue weighted by Crippen LogP contribution is 2.21. The van der Waals surface area contributed by atoms with Crippen LogP contribution in [0.1, 0.15) is 24.8 Å². The third-order valence-electron chi connectivity index (χ3n) is 4.32. The summed E-state index contributed by atoms with van der Waals surface area (Å²) >= 11 is 3.48. The van der Waals surface area contributed by atoms with E-state index in [-0.39, 0.29) is 0 Å². The zero-order valence-electron chi connectivity index (χ0n) is 13.3. The number of hydrogen-bond donors (Lipinski definition) is 1. The van der Waals surface area contributed by atoms with Gasteiger partial charge < -0.3 is 10.2 Å². The van der Waals surface area contributed by atoms with Gasteiger partial charge in [0.1, 0.15) is 17.7 Å². The molecule has 0 spiro atoms. The lowest BCUT2D eigenvalue weighted by Crippen LogP contribution is -2.30. The van der Waals surface area contributed by atoms with Gasteiger partial charge >= 0.3 is 0 Å². The van der Waals surface area contributed by atoms with Gasteiger partial charge in [-0.25, -0.2) is 14.5 Å². The molecule has 0 atom stereocenters. The molecule has 1 aliphatic rings. The molecule has 1 aliphatic heterocycles. The van der Waals surface area contributed by atoms with Gasteiger partial charge in [0.2, 0.25) is 0 Å². The number of halogens is 1. The number of aromatic nitrogens is 4. The van der Waals surface area contributed by atoms with E-state index in [1.165, 1.54) is 24.8 Å². The second-order valence-corrected chi connectivity index (χ2v) is 6.94. The van der Waals surface area contributed by atoms with Gasteiger partial charge in [-0.2, -0.15) is 5.10 Å². The van der Waals surface area contributed by atoms with E-state index >= 15 is 0 Å². The summed E-state index contributed by atoms with van der Waals surface area (Å²) in [7, 11) is 0. The molecular formula is C17H19BrN6. The molecule has 1 saturated heterocycles.